The maximum Gasteiger partial charge on any atom is 0.00932 e. The van der Waals surface area contributed by atoms with Crippen molar-refractivity contribution < 1.29 is 0 Å². The molecule has 1 heterocycles. The van der Waals surface area contributed by atoms with Gasteiger partial charge in [0, 0.05) is 6.04 Å². The van der Waals surface area contributed by atoms with Crippen LogP contribution >= 0.6 is 0 Å². The van der Waals surface area contributed by atoms with Gasteiger partial charge in [0.2, 0.25) is 0 Å². The lowest BCUT2D eigenvalue weighted by molar-refractivity contribution is 0.266. The fraction of sp³-hybridized carbons (Fsp3) is 1.00. The third-order valence-electron chi connectivity index (χ3n) is 4.22. The fourth-order valence-electron chi connectivity index (χ4n) is 3.31. The number of hydrogen-bond donors (Lipinski definition) is 1. The van der Waals surface area contributed by atoms with E-state index in [1.165, 1.54) is 57.9 Å². The summed E-state index contributed by atoms with van der Waals surface area (Å²) in [6.45, 7) is 3.72. The van der Waals surface area contributed by atoms with Crippen LogP contribution in [0.1, 0.15) is 58.3 Å². The Morgan fingerprint density at radius 2 is 1.86 bits per heavy atom. The molecule has 0 bridgehead atoms. The molecule has 1 nitrogen and oxygen atoms in total. The second-order valence-corrected chi connectivity index (χ2v) is 5.42. The molecule has 1 N–H and O–H groups in total. The molecular formula is C13H25N. The summed E-state index contributed by atoms with van der Waals surface area (Å²) >= 11 is 0. The van der Waals surface area contributed by atoms with Crippen molar-refractivity contribution in [2.24, 2.45) is 11.8 Å². The lowest BCUT2D eigenvalue weighted by Crippen LogP contribution is -2.30. The Bertz CT molecular complexity index is 155. The maximum absolute atomic E-state index is 3.65. The van der Waals surface area contributed by atoms with E-state index < -0.39 is 0 Å². The summed E-state index contributed by atoms with van der Waals surface area (Å²) < 4.78 is 0. The SMILES string of the molecule is CC(CC1CCCCC1)C1CCCN1. The summed E-state index contributed by atoms with van der Waals surface area (Å²) in [6, 6.07) is 0.844. The van der Waals surface area contributed by atoms with E-state index in [0.29, 0.717) is 0 Å². The summed E-state index contributed by atoms with van der Waals surface area (Å²) in [5, 5.41) is 3.65. The topological polar surface area (TPSA) is 12.0 Å². The normalized spacial score (nSPS) is 31.9. The molecule has 0 spiro atoms. The third-order valence-corrected chi connectivity index (χ3v) is 4.22. The zero-order valence-corrected chi connectivity index (χ0v) is 9.60. The highest BCUT2D eigenvalue weighted by Crippen LogP contribution is 2.31. The van der Waals surface area contributed by atoms with E-state index in [9.17, 15) is 0 Å². The van der Waals surface area contributed by atoms with Crippen LogP contribution in [0.4, 0.5) is 0 Å². The highest BCUT2D eigenvalue weighted by molar-refractivity contribution is 4.81. The Balaban J connectivity index is 1.72. The highest BCUT2D eigenvalue weighted by Gasteiger charge is 2.24. The highest BCUT2D eigenvalue weighted by atomic mass is 14.9. The molecule has 0 aromatic rings. The lowest BCUT2D eigenvalue weighted by Gasteiger charge is -2.27. The van der Waals surface area contributed by atoms with Crippen molar-refractivity contribution in [3.63, 3.8) is 0 Å². The number of hydrogen-bond acceptors (Lipinski definition) is 1. The Morgan fingerprint density at radius 1 is 1.07 bits per heavy atom. The van der Waals surface area contributed by atoms with Gasteiger partial charge in [-0.1, -0.05) is 39.0 Å². The minimum Gasteiger partial charge on any atom is -0.314 e. The molecule has 2 rings (SSSR count). The van der Waals surface area contributed by atoms with Crippen molar-refractivity contribution in [3.8, 4) is 0 Å². The molecule has 0 aromatic carbocycles. The molecule has 2 unspecified atom stereocenters. The van der Waals surface area contributed by atoms with Gasteiger partial charge in [-0.25, -0.2) is 0 Å². The van der Waals surface area contributed by atoms with Crippen LogP contribution < -0.4 is 5.32 Å². The second kappa shape index (κ2) is 5.16. The number of rotatable bonds is 3. The van der Waals surface area contributed by atoms with Crippen molar-refractivity contribution in [3.05, 3.63) is 0 Å². The lowest BCUT2D eigenvalue weighted by atomic mass is 9.81. The smallest absolute Gasteiger partial charge is 0.00932 e. The van der Waals surface area contributed by atoms with Gasteiger partial charge < -0.3 is 5.32 Å². The number of nitrogens with one attached hydrogen (secondary N) is 1. The second-order valence-electron chi connectivity index (χ2n) is 5.42. The quantitative estimate of drug-likeness (QED) is 0.728. The molecule has 0 radical (unpaired) electrons. The van der Waals surface area contributed by atoms with Gasteiger partial charge in [-0.3, -0.25) is 0 Å². The van der Waals surface area contributed by atoms with Crippen molar-refractivity contribution in [2.45, 2.75) is 64.3 Å². The first-order valence-electron chi connectivity index (χ1n) is 6.59. The first-order chi connectivity index (χ1) is 6.86. The summed E-state index contributed by atoms with van der Waals surface area (Å²) in [5.41, 5.74) is 0. The monoisotopic (exact) mass is 195 g/mol. The molecule has 2 atom stereocenters. The van der Waals surface area contributed by atoms with Gasteiger partial charge in [0.05, 0.1) is 0 Å². The van der Waals surface area contributed by atoms with E-state index in [1.807, 2.05) is 0 Å². The van der Waals surface area contributed by atoms with Crippen molar-refractivity contribution >= 4 is 0 Å². The summed E-state index contributed by atoms with van der Waals surface area (Å²) in [7, 11) is 0. The molecule has 82 valence electrons. The van der Waals surface area contributed by atoms with Gasteiger partial charge in [0.1, 0.15) is 0 Å². The van der Waals surface area contributed by atoms with Gasteiger partial charge in [0.25, 0.3) is 0 Å². The summed E-state index contributed by atoms with van der Waals surface area (Å²) in [5.74, 6) is 1.97. The van der Waals surface area contributed by atoms with E-state index in [0.717, 1.165) is 17.9 Å². The van der Waals surface area contributed by atoms with Gasteiger partial charge in [-0.2, -0.15) is 0 Å². The predicted molar refractivity (Wildman–Crippen MR) is 61.4 cm³/mol. The molecule has 2 aliphatic rings. The third kappa shape index (κ3) is 2.73. The standard InChI is InChI=1S/C13H25N/c1-11(13-8-5-9-14-13)10-12-6-3-2-4-7-12/h11-14H,2-10H2,1H3. The van der Waals surface area contributed by atoms with Crippen LogP contribution in [0.25, 0.3) is 0 Å². The maximum atomic E-state index is 3.65. The van der Waals surface area contributed by atoms with Crippen molar-refractivity contribution in [2.75, 3.05) is 6.54 Å². The molecule has 2 fully saturated rings. The fourth-order valence-corrected chi connectivity index (χ4v) is 3.31. The van der Waals surface area contributed by atoms with E-state index in [4.69, 9.17) is 0 Å². The summed E-state index contributed by atoms with van der Waals surface area (Å²) in [4.78, 5) is 0. The van der Waals surface area contributed by atoms with E-state index >= 15 is 0 Å². The summed E-state index contributed by atoms with van der Waals surface area (Å²) in [6.07, 6.45) is 11.8. The van der Waals surface area contributed by atoms with E-state index in [2.05, 4.69) is 12.2 Å². The van der Waals surface area contributed by atoms with Crippen LogP contribution in [0.5, 0.6) is 0 Å². The Morgan fingerprint density at radius 3 is 2.50 bits per heavy atom. The van der Waals surface area contributed by atoms with Crippen molar-refractivity contribution in [1.82, 2.24) is 5.32 Å². The molecule has 1 aliphatic heterocycles. The van der Waals surface area contributed by atoms with E-state index in [1.54, 1.807) is 0 Å². The molecular weight excluding hydrogens is 170 g/mol. The molecule has 1 saturated carbocycles. The van der Waals surface area contributed by atoms with Crippen molar-refractivity contribution in [1.29, 1.82) is 0 Å². The van der Waals surface area contributed by atoms with Crippen LogP contribution in [0.2, 0.25) is 0 Å². The van der Waals surface area contributed by atoms with Crippen LogP contribution in [0.15, 0.2) is 0 Å². The minimum atomic E-state index is 0.844. The van der Waals surface area contributed by atoms with Gasteiger partial charge >= 0.3 is 0 Å². The average Bonchev–Trinajstić information content (AvgIpc) is 2.72. The molecule has 1 heteroatoms. The Labute approximate surface area is 88.7 Å². The van der Waals surface area contributed by atoms with Crippen LogP contribution in [-0.2, 0) is 0 Å². The molecule has 0 amide bonds. The molecule has 1 aliphatic carbocycles. The zero-order valence-electron chi connectivity index (χ0n) is 9.60. The predicted octanol–water partition coefficient (Wildman–Crippen LogP) is 3.34. The van der Waals surface area contributed by atoms with Gasteiger partial charge in [-0.05, 0) is 37.6 Å². The Kier molecular flexibility index (Phi) is 3.86. The molecule has 1 saturated heterocycles. The van der Waals surface area contributed by atoms with Crippen LogP contribution in [0.3, 0.4) is 0 Å². The van der Waals surface area contributed by atoms with E-state index in [-0.39, 0.29) is 0 Å². The first-order valence-corrected chi connectivity index (χ1v) is 6.59. The first kappa shape index (κ1) is 10.5. The molecule has 0 aromatic heterocycles. The average molecular weight is 195 g/mol. The largest absolute Gasteiger partial charge is 0.314 e. The molecule has 14 heavy (non-hydrogen) atoms. The van der Waals surface area contributed by atoms with Crippen LogP contribution in [0, 0.1) is 11.8 Å². The Hall–Kier alpha value is -0.0400. The zero-order chi connectivity index (χ0) is 9.80. The van der Waals surface area contributed by atoms with Gasteiger partial charge in [0.15, 0.2) is 0 Å². The minimum absolute atomic E-state index is 0.844. The van der Waals surface area contributed by atoms with Gasteiger partial charge in [-0.15, -0.1) is 0 Å². The van der Waals surface area contributed by atoms with Crippen LogP contribution in [-0.4, -0.2) is 12.6 Å².